The van der Waals surface area contributed by atoms with Gasteiger partial charge in [-0.25, -0.2) is 0 Å². The van der Waals surface area contributed by atoms with Crippen LogP contribution < -0.4 is 10.6 Å². The largest absolute Gasteiger partial charge is 0.383 e. The van der Waals surface area contributed by atoms with E-state index in [1.165, 1.54) is 88.4 Å². The van der Waals surface area contributed by atoms with Gasteiger partial charge in [0.2, 0.25) is 0 Å². The molecule has 0 aliphatic rings. The normalized spacial score (nSPS) is 13.4. The zero-order chi connectivity index (χ0) is 19.0. The van der Waals surface area contributed by atoms with E-state index in [1.807, 2.05) is 0 Å². The Labute approximate surface area is 163 Å². The maximum absolute atomic E-state index is 3.64. The van der Waals surface area contributed by atoms with Gasteiger partial charge in [0, 0.05) is 23.5 Å². The monoisotopic (exact) mass is 360 g/mol. The van der Waals surface area contributed by atoms with E-state index >= 15 is 0 Å². The van der Waals surface area contributed by atoms with Crippen molar-refractivity contribution in [3.8, 4) is 0 Å². The van der Waals surface area contributed by atoms with Gasteiger partial charge in [-0.3, -0.25) is 0 Å². The number of anilines is 2. The van der Waals surface area contributed by atoms with Gasteiger partial charge in [-0.05, 0) is 51.0 Å². The lowest BCUT2D eigenvalue weighted by Crippen LogP contribution is -2.16. The first-order valence-electron chi connectivity index (χ1n) is 11.3. The first-order valence-corrected chi connectivity index (χ1v) is 11.3. The van der Waals surface area contributed by atoms with Crippen LogP contribution in [0, 0.1) is 0 Å². The number of nitrogens with one attached hydrogen (secondary N) is 2. The molecule has 150 valence electrons. The average molecular weight is 361 g/mol. The van der Waals surface area contributed by atoms with Crippen molar-refractivity contribution in [1.82, 2.24) is 0 Å². The Balaban J connectivity index is 2.21. The second kappa shape index (κ2) is 14.9. The molecule has 2 N–H and O–H groups in total. The van der Waals surface area contributed by atoms with Crippen LogP contribution in [0.4, 0.5) is 11.4 Å². The second-order valence-electron chi connectivity index (χ2n) is 8.07. The highest BCUT2D eigenvalue weighted by Crippen LogP contribution is 2.18. The van der Waals surface area contributed by atoms with Gasteiger partial charge in [0.05, 0.1) is 0 Å². The predicted octanol–water partition coefficient (Wildman–Crippen LogP) is 8.01. The van der Waals surface area contributed by atoms with Crippen LogP contribution in [-0.2, 0) is 0 Å². The van der Waals surface area contributed by atoms with E-state index in [-0.39, 0.29) is 0 Å². The number of rotatable bonds is 16. The van der Waals surface area contributed by atoms with E-state index in [4.69, 9.17) is 0 Å². The Bertz CT molecular complexity index is 385. The van der Waals surface area contributed by atoms with E-state index in [2.05, 4.69) is 62.6 Å². The van der Waals surface area contributed by atoms with Crippen molar-refractivity contribution in [3.05, 3.63) is 24.3 Å². The van der Waals surface area contributed by atoms with Crippen LogP contribution in [0.1, 0.15) is 105 Å². The zero-order valence-electron chi connectivity index (χ0n) is 17.9. The molecule has 1 aromatic rings. The molecule has 0 spiro atoms. The predicted molar refractivity (Wildman–Crippen MR) is 119 cm³/mol. The summed E-state index contributed by atoms with van der Waals surface area (Å²) in [6.07, 6.45) is 16.1. The minimum Gasteiger partial charge on any atom is -0.383 e. The minimum atomic E-state index is 0.553. The maximum Gasteiger partial charge on any atom is 0.0343 e. The molecule has 0 aliphatic carbocycles. The molecule has 0 amide bonds. The van der Waals surface area contributed by atoms with Crippen LogP contribution in [0.15, 0.2) is 24.3 Å². The lowest BCUT2D eigenvalue weighted by molar-refractivity contribution is 0.578. The summed E-state index contributed by atoms with van der Waals surface area (Å²) in [5.74, 6) is 0. The Hall–Kier alpha value is -1.18. The van der Waals surface area contributed by atoms with Crippen LogP contribution in [0.2, 0.25) is 0 Å². The summed E-state index contributed by atoms with van der Waals surface area (Å²) >= 11 is 0. The van der Waals surface area contributed by atoms with Crippen molar-refractivity contribution in [2.75, 3.05) is 10.6 Å². The van der Waals surface area contributed by atoms with Crippen LogP contribution in [0.5, 0.6) is 0 Å². The molecule has 26 heavy (non-hydrogen) atoms. The van der Waals surface area contributed by atoms with E-state index in [9.17, 15) is 0 Å². The minimum absolute atomic E-state index is 0.553. The van der Waals surface area contributed by atoms with Crippen LogP contribution in [-0.4, -0.2) is 12.1 Å². The highest BCUT2D eigenvalue weighted by Gasteiger charge is 2.04. The summed E-state index contributed by atoms with van der Waals surface area (Å²) in [6.45, 7) is 9.15. The quantitative estimate of drug-likeness (QED) is 0.292. The molecule has 0 aromatic heterocycles. The van der Waals surface area contributed by atoms with Gasteiger partial charge < -0.3 is 10.6 Å². The van der Waals surface area contributed by atoms with Crippen molar-refractivity contribution in [2.24, 2.45) is 0 Å². The summed E-state index contributed by atoms with van der Waals surface area (Å²) < 4.78 is 0. The molecule has 0 saturated heterocycles. The third-order valence-corrected chi connectivity index (χ3v) is 5.19. The van der Waals surface area contributed by atoms with E-state index in [1.54, 1.807) is 0 Å². The summed E-state index contributed by atoms with van der Waals surface area (Å²) in [5, 5.41) is 7.28. The standard InChI is InChI=1S/C24H44N2/c1-5-7-9-11-13-15-21(3)25-23-17-19-24(20-18-23)26-22(4)16-14-12-10-8-6-2/h17-22,25-26H,5-16H2,1-4H3/t21-,22-/m0/s1. The molecule has 2 heteroatoms. The molecule has 1 rings (SSSR count). The third-order valence-electron chi connectivity index (χ3n) is 5.19. The first kappa shape index (κ1) is 22.9. The molecule has 0 saturated carbocycles. The van der Waals surface area contributed by atoms with Crippen LogP contribution in [0.25, 0.3) is 0 Å². The maximum atomic E-state index is 3.64. The fourth-order valence-corrected chi connectivity index (χ4v) is 3.48. The molecule has 2 nitrogen and oxygen atoms in total. The molecule has 0 radical (unpaired) electrons. The summed E-state index contributed by atoms with van der Waals surface area (Å²) in [6, 6.07) is 9.96. The molecular formula is C24H44N2. The second-order valence-corrected chi connectivity index (χ2v) is 8.07. The van der Waals surface area contributed by atoms with Crippen molar-refractivity contribution < 1.29 is 0 Å². The number of hydrogen-bond acceptors (Lipinski definition) is 2. The van der Waals surface area contributed by atoms with Gasteiger partial charge >= 0.3 is 0 Å². The lowest BCUT2D eigenvalue weighted by atomic mass is 10.1. The Morgan fingerprint density at radius 1 is 0.577 bits per heavy atom. The molecule has 2 atom stereocenters. The molecule has 0 heterocycles. The first-order chi connectivity index (χ1) is 12.7. The van der Waals surface area contributed by atoms with Crippen LogP contribution >= 0.6 is 0 Å². The smallest absolute Gasteiger partial charge is 0.0343 e. The molecule has 0 unspecified atom stereocenters. The molecule has 0 fully saturated rings. The fourth-order valence-electron chi connectivity index (χ4n) is 3.48. The SMILES string of the molecule is CCCCCCC[C@H](C)Nc1ccc(N[C@@H](C)CCCCCCC)cc1. The highest BCUT2D eigenvalue weighted by molar-refractivity contribution is 5.54. The van der Waals surface area contributed by atoms with Crippen molar-refractivity contribution in [2.45, 2.75) is 117 Å². The highest BCUT2D eigenvalue weighted by atomic mass is 14.9. The zero-order valence-corrected chi connectivity index (χ0v) is 17.9. The average Bonchev–Trinajstić information content (AvgIpc) is 2.63. The number of benzene rings is 1. The van der Waals surface area contributed by atoms with Crippen molar-refractivity contribution in [3.63, 3.8) is 0 Å². The Kier molecular flexibility index (Phi) is 13.1. The van der Waals surface area contributed by atoms with Crippen molar-refractivity contribution in [1.29, 1.82) is 0 Å². The van der Waals surface area contributed by atoms with Crippen LogP contribution in [0.3, 0.4) is 0 Å². The summed E-state index contributed by atoms with van der Waals surface area (Å²) in [4.78, 5) is 0. The number of unbranched alkanes of at least 4 members (excludes halogenated alkanes) is 8. The molecule has 1 aromatic carbocycles. The van der Waals surface area contributed by atoms with Gasteiger partial charge in [-0.1, -0.05) is 78.1 Å². The lowest BCUT2D eigenvalue weighted by Gasteiger charge is -2.18. The van der Waals surface area contributed by atoms with E-state index in [0.717, 1.165) is 0 Å². The van der Waals surface area contributed by atoms with Gasteiger partial charge in [0.1, 0.15) is 0 Å². The van der Waals surface area contributed by atoms with Gasteiger partial charge in [-0.15, -0.1) is 0 Å². The Morgan fingerprint density at radius 2 is 0.923 bits per heavy atom. The summed E-state index contributed by atoms with van der Waals surface area (Å²) in [7, 11) is 0. The molecular weight excluding hydrogens is 316 g/mol. The number of hydrogen-bond donors (Lipinski definition) is 2. The third kappa shape index (κ3) is 11.4. The van der Waals surface area contributed by atoms with Gasteiger partial charge in [-0.2, -0.15) is 0 Å². The van der Waals surface area contributed by atoms with Gasteiger partial charge in [0.25, 0.3) is 0 Å². The van der Waals surface area contributed by atoms with Crippen molar-refractivity contribution >= 4 is 11.4 Å². The molecule has 0 bridgehead atoms. The van der Waals surface area contributed by atoms with E-state index in [0.29, 0.717) is 12.1 Å². The van der Waals surface area contributed by atoms with Gasteiger partial charge in [0.15, 0.2) is 0 Å². The topological polar surface area (TPSA) is 24.1 Å². The molecule has 0 aliphatic heterocycles. The van der Waals surface area contributed by atoms with E-state index < -0.39 is 0 Å². The summed E-state index contributed by atoms with van der Waals surface area (Å²) in [5.41, 5.74) is 2.48. The fraction of sp³-hybridized carbons (Fsp3) is 0.750. The Morgan fingerprint density at radius 3 is 1.27 bits per heavy atom.